The van der Waals surface area contributed by atoms with Crippen molar-refractivity contribution >= 4 is 17.2 Å². The second-order valence-corrected chi connectivity index (χ2v) is 5.03. The molecule has 82 valence electrons. The molecule has 2 nitrogen and oxygen atoms in total. The molecule has 0 aliphatic heterocycles. The van der Waals surface area contributed by atoms with Crippen molar-refractivity contribution in [3.05, 3.63) is 22.4 Å². The lowest BCUT2D eigenvalue weighted by Crippen LogP contribution is -2.36. The van der Waals surface area contributed by atoms with Gasteiger partial charge in [0.05, 0.1) is 6.42 Å². The van der Waals surface area contributed by atoms with Gasteiger partial charge in [0, 0.05) is 13.1 Å². The molecule has 1 aliphatic rings. The first-order chi connectivity index (χ1) is 7.27. The van der Waals surface area contributed by atoms with E-state index in [0.29, 0.717) is 12.5 Å². The average molecular weight is 223 g/mol. The molecule has 3 heteroatoms. The summed E-state index contributed by atoms with van der Waals surface area (Å²) < 4.78 is 0. The number of thiophene rings is 1. The predicted molar refractivity (Wildman–Crippen MR) is 63.0 cm³/mol. The Bertz CT molecular complexity index is 314. The topological polar surface area (TPSA) is 20.3 Å². The Morgan fingerprint density at radius 3 is 2.87 bits per heavy atom. The van der Waals surface area contributed by atoms with Gasteiger partial charge in [-0.25, -0.2) is 0 Å². The van der Waals surface area contributed by atoms with Crippen molar-refractivity contribution in [2.45, 2.75) is 38.1 Å². The first-order valence-electron chi connectivity index (χ1n) is 5.54. The van der Waals surface area contributed by atoms with E-state index >= 15 is 0 Å². The van der Waals surface area contributed by atoms with E-state index in [1.54, 1.807) is 11.3 Å². The van der Waals surface area contributed by atoms with Crippen molar-refractivity contribution in [2.24, 2.45) is 0 Å². The fraction of sp³-hybridized carbons (Fsp3) is 0.583. The molecule has 1 fully saturated rings. The molecule has 1 saturated carbocycles. The minimum atomic E-state index is 0.264. The van der Waals surface area contributed by atoms with Crippen LogP contribution in [0, 0.1) is 0 Å². The molecule has 1 amide bonds. The maximum atomic E-state index is 11.9. The summed E-state index contributed by atoms with van der Waals surface area (Å²) >= 11 is 1.65. The number of carbonyl (C=O) groups excluding carboxylic acids is 1. The molecule has 15 heavy (non-hydrogen) atoms. The van der Waals surface area contributed by atoms with E-state index < -0.39 is 0 Å². The number of nitrogens with zero attached hydrogens (tertiary/aromatic N) is 1. The normalized spacial score (nSPS) is 16.9. The largest absolute Gasteiger partial charge is 0.342 e. The highest BCUT2D eigenvalue weighted by molar-refractivity contribution is 7.07. The van der Waals surface area contributed by atoms with Crippen molar-refractivity contribution in [1.29, 1.82) is 0 Å². The molecule has 1 heterocycles. The number of rotatable bonds is 3. The van der Waals surface area contributed by atoms with Crippen LogP contribution in [0.1, 0.15) is 31.2 Å². The Hall–Kier alpha value is -0.830. The molecule has 0 spiro atoms. The second-order valence-electron chi connectivity index (χ2n) is 4.25. The van der Waals surface area contributed by atoms with Gasteiger partial charge >= 0.3 is 0 Å². The van der Waals surface area contributed by atoms with Gasteiger partial charge in [0.2, 0.25) is 5.91 Å². The molecule has 1 aromatic rings. The Morgan fingerprint density at radius 2 is 2.27 bits per heavy atom. The van der Waals surface area contributed by atoms with Gasteiger partial charge < -0.3 is 4.90 Å². The summed E-state index contributed by atoms with van der Waals surface area (Å²) in [5.41, 5.74) is 1.15. The lowest BCUT2D eigenvalue weighted by Gasteiger charge is -2.24. The molecule has 0 atom stereocenters. The average Bonchev–Trinajstić information content (AvgIpc) is 2.88. The molecule has 1 aromatic heterocycles. The Labute approximate surface area is 94.9 Å². The van der Waals surface area contributed by atoms with Gasteiger partial charge in [-0.1, -0.05) is 12.8 Å². The van der Waals surface area contributed by atoms with Crippen LogP contribution in [0.2, 0.25) is 0 Å². The van der Waals surface area contributed by atoms with Crippen molar-refractivity contribution in [3.8, 4) is 0 Å². The molecule has 0 bridgehead atoms. The highest BCUT2D eigenvalue weighted by atomic mass is 32.1. The fourth-order valence-electron chi connectivity index (χ4n) is 2.19. The summed E-state index contributed by atoms with van der Waals surface area (Å²) in [5.74, 6) is 0.264. The lowest BCUT2D eigenvalue weighted by molar-refractivity contribution is -0.131. The van der Waals surface area contributed by atoms with Gasteiger partial charge in [-0.3, -0.25) is 4.79 Å². The van der Waals surface area contributed by atoms with E-state index in [1.807, 2.05) is 23.4 Å². The molecule has 0 N–H and O–H groups in total. The maximum absolute atomic E-state index is 11.9. The van der Waals surface area contributed by atoms with E-state index in [-0.39, 0.29) is 5.91 Å². The van der Waals surface area contributed by atoms with Crippen LogP contribution in [0.15, 0.2) is 16.8 Å². The zero-order valence-electron chi connectivity index (χ0n) is 9.11. The van der Waals surface area contributed by atoms with Gasteiger partial charge in [-0.15, -0.1) is 0 Å². The van der Waals surface area contributed by atoms with E-state index in [4.69, 9.17) is 0 Å². The van der Waals surface area contributed by atoms with Crippen LogP contribution < -0.4 is 0 Å². The third-order valence-electron chi connectivity index (χ3n) is 3.20. The predicted octanol–water partition coefficient (Wildman–Crippen LogP) is 2.69. The number of hydrogen-bond donors (Lipinski definition) is 0. The molecule has 0 unspecified atom stereocenters. The van der Waals surface area contributed by atoms with Crippen molar-refractivity contribution < 1.29 is 4.79 Å². The number of likely N-dealkylation sites (N-methyl/N-ethyl adjacent to an activating group) is 1. The molecule has 0 aromatic carbocycles. The Morgan fingerprint density at radius 1 is 1.53 bits per heavy atom. The van der Waals surface area contributed by atoms with Gasteiger partial charge in [-0.05, 0) is 35.2 Å². The molecule has 1 aliphatic carbocycles. The van der Waals surface area contributed by atoms with Gasteiger partial charge in [0.1, 0.15) is 0 Å². The summed E-state index contributed by atoms with van der Waals surface area (Å²) in [6, 6.07) is 2.53. The SMILES string of the molecule is CN(C(=O)Cc1ccsc1)C1CCCC1. The summed E-state index contributed by atoms with van der Waals surface area (Å²) in [4.78, 5) is 13.9. The number of carbonyl (C=O) groups is 1. The van der Waals surface area contributed by atoms with E-state index in [2.05, 4.69) is 5.38 Å². The molecule has 2 rings (SSSR count). The zero-order valence-corrected chi connectivity index (χ0v) is 9.93. The Balaban J connectivity index is 1.89. The molecular weight excluding hydrogens is 206 g/mol. The van der Waals surface area contributed by atoms with Crippen LogP contribution in [0.3, 0.4) is 0 Å². The highest BCUT2D eigenvalue weighted by Crippen LogP contribution is 2.23. The molecular formula is C12H17NOS. The maximum Gasteiger partial charge on any atom is 0.227 e. The summed E-state index contributed by atoms with van der Waals surface area (Å²) in [6.45, 7) is 0. The second kappa shape index (κ2) is 4.79. The standard InChI is InChI=1S/C12H17NOS/c1-13(11-4-2-3-5-11)12(14)8-10-6-7-15-9-10/h6-7,9,11H,2-5,8H2,1H3. The van der Waals surface area contributed by atoms with Gasteiger partial charge in [0.25, 0.3) is 0 Å². The van der Waals surface area contributed by atoms with Crippen LogP contribution in [0.4, 0.5) is 0 Å². The highest BCUT2D eigenvalue weighted by Gasteiger charge is 2.23. The fourth-order valence-corrected chi connectivity index (χ4v) is 2.86. The van der Waals surface area contributed by atoms with Crippen LogP contribution >= 0.6 is 11.3 Å². The minimum Gasteiger partial charge on any atom is -0.342 e. The van der Waals surface area contributed by atoms with Crippen molar-refractivity contribution in [3.63, 3.8) is 0 Å². The van der Waals surface area contributed by atoms with Crippen LogP contribution in [0.25, 0.3) is 0 Å². The summed E-state index contributed by atoms with van der Waals surface area (Å²) in [6.07, 6.45) is 5.50. The van der Waals surface area contributed by atoms with Crippen LogP contribution in [-0.4, -0.2) is 23.9 Å². The summed E-state index contributed by atoms with van der Waals surface area (Å²) in [7, 11) is 1.95. The van der Waals surface area contributed by atoms with Crippen LogP contribution in [0.5, 0.6) is 0 Å². The van der Waals surface area contributed by atoms with E-state index in [0.717, 1.165) is 5.56 Å². The smallest absolute Gasteiger partial charge is 0.227 e. The van der Waals surface area contributed by atoms with Gasteiger partial charge in [-0.2, -0.15) is 11.3 Å². The molecule has 0 radical (unpaired) electrons. The minimum absolute atomic E-state index is 0.264. The number of hydrogen-bond acceptors (Lipinski definition) is 2. The third-order valence-corrected chi connectivity index (χ3v) is 3.93. The molecule has 0 saturated heterocycles. The zero-order chi connectivity index (χ0) is 10.7. The Kier molecular flexibility index (Phi) is 3.41. The van der Waals surface area contributed by atoms with Crippen molar-refractivity contribution in [2.75, 3.05) is 7.05 Å². The monoisotopic (exact) mass is 223 g/mol. The van der Waals surface area contributed by atoms with E-state index in [9.17, 15) is 4.79 Å². The quantitative estimate of drug-likeness (QED) is 0.771. The third kappa shape index (κ3) is 2.59. The number of amides is 1. The first-order valence-corrected chi connectivity index (χ1v) is 6.48. The summed E-state index contributed by atoms with van der Waals surface area (Å²) in [5, 5.41) is 4.08. The van der Waals surface area contributed by atoms with Crippen LogP contribution in [-0.2, 0) is 11.2 Å². The first kappa shape index (κ1) is 10.7. The lowest BCUT2D eigenvalue weighted by atomic mass is 10.2. The van der Waals surface area contributed by atoms with Gasteiger partial charge in [0.15, 0.2) is 0 Å². The van der Waals surface area contributed by atoms with Crippen molar-refractivity contribution in [1.82, 2.24) is 4.90 Å². The van der Waals surface area contributed by atoms with E-state index in [1.165, 1.54) is 25.7 Å².